The lowest BCUT2D eigenvalue weighted by Crippen LogP contribution is -2.64. The van der Waals surface area contributed by atoms with E-state index in [-0.39, 0.29) is 37.4 Å². The number of nitrogens with zero attached hydrogens (tertiary/aromatic N) is 3. The van der Waals surface area contributed by atoms with Crippen molar-refractivity contribution in [2.45, 2.75) is 24.9 Å². The van der Waals surface area contributed by atoms with Crippen LogP contribution in [0.5, 0.6) is 0 Å². The van der Waals surface area contributed by atoms with Crippen molar-refractivity contribution in [2.75, 3.05) is 51.7 Å². The van der Waals surface area contributed by atoms with Gasteiger partial charge in [0.05, 0.1) is 13.1 Å². The zero-order valence-electron chi connectivity index (χ0n) is 18.0. The Morgan fingerprint density at radius 1 is 1.19 bits per heavy atom. The molecule has 0 spiro atoms. The molecule has 0 radical (unpaired) electrons. The summed E-state index contributed by atoms with van der Waals surface area (Å²) in [7, 11) is 3.83. The number of hydrogen-bond donors (Lipinski definition) is 3. The van der Waals surface area contributed by atoms with Crippen LogP contribution in [-0.4, -0.2) is 92.3 Å². The van der Waals surface area contributed by atoms with E-state index in [9.17, 15) is 19.2 Å². The van der Waals surface area contributed by atoms with Crippen LogP contribution >= 0.6 is 0 Å². The average molecular weight is 431 g/mol. The number of nitrogens with one attached hydrogen (secondary N) is 2. The summed E-state index contributed by atoms with van der Waals surface area (Å²) in [6.45, 7) is 0.898. The molecule has 2 atom stereocenters. The molecule has 10 nitrogen and oxygen atoms in total. The van der Waals surface area contributed by atoms with E-state index in [1.54, 1.807) is 17.0 Å². The third-order valence-electron chi connectivity index (χ3n) is 5.70. The number of nitrogens with two attached hydrogens (primary N) is 1. The number of piperidine rings is 1. The molecule has 0 bridgehead atoms. The normalized spacial score (nSPS) is 21.3. The van der Waals surface area contributed by atoms with Crippen LogP contribution in [0.15, 0.2) is 24.3 Å². The van der Waals surface area contributed by atoms with Gasteiger partial charge in [-0.15, -0.1) is 0 Å². The van der Waals surface area contributed by atoms with Gasteiger partial charge < -0.3 is 31.1 Å². The molecule has 0 unspecified atom stereocenters. The standard InChI is InChI=1S/C21H30N6O4/c1-25(2)15-7-5-14(6-8-15)21(31)26-10-11-27(18(28)12-22)17(13-26)20(30)24-16-4-3-9-23-19(16)29/h5-8,16-17H,3-4,9-13,22H2,1-2H3,(H,23,29)(H,24,30)/t16-,17+/m0/s1. The van der Waals surface area contributed by atoms with Crippen LogP contribution in [0.3, 0.4) is 0 Å². The summed E-state index contributed by atoms with van der Waals surface area (Å²) in [4.78, 5) is 55.3. The smallest absolute Gasteiger partial charge is 0.254 e. The van der Waals surface area contributed by atoms with Crippen LogP contribution in [0.2, 0.25) is 0 Å². The summed E-state index contributed by atoms with van der Waals surface area (Å²) in [5, 5.41) is 5.46. The Hall–Kier alpha value is -3.14. The molecule has 0 aromatic heterocycles. The fraction of sp³-hybridized carbons (Fsp3) is 0.524. The quantitative estimate of drug-likeness (QED) is 0.536. The predicted molar refractivity (Wildman–Crippen MR) is 115 cm³/mol. The number of piperazine rings is 1. The van der Waals surface area contributed by atoms with Gasteiger partial charge in [0.1, 0.15) is 12.1 Å². The molecule has 2 aliphatic heterocycles. The minimum atomic E-state index is -0.899. The van der Waals surface area contributed by atoms with E-state index in [0.29, 0.717) is 25.1 Å². The minimum absolute atomic E-state index is 0.0418. The van der Waals surface area contributed by atoms with Gasteiger partial charge >= 0.3 is 0 Å². The highest BCUT2D eigenvalue weighted by Crippen LogP contribution is 2.17. The van der Waals surface area contributed by atoms with E-state index in [2.05, 4.69) is 10.6 Å². The maximum absolute atomic E-state index is 13.0. The summed E-state index contributed by atoms with van der Waals surface area (Å²) >= 11 is 0. The van der Waals surface area contributed by atoms with Gasteiger partial charge in [-0.3, -0.25) is 19.2 Å². The molecule has 31 heavy (non-hydrogen) atoms. The van der Waals surface area contributed by atoms with Crippen molar-refractivity contribution in [3.63, 3.8) is 0 Å². The van der Waals surface area contributed by atoms with Gasteiger partial charge in [0.2, 0.25) is 17.7 Å². The van der Waals surface area contributed by atoms with Crippen LogP contribution in [0.4, 0.5) is 5.69 Å². The van der Waals surface area contributed by atoms with E-state index in [4.69, 9.17) is 5.73 Å². The van der Waals surface area contributed by atoms with Crippen LogP contribution in [0.25, 0.3) is 0 Å². The van der Waals surface area contributed by atoms with Crippen LogP contribution in [0.1, 0.15) is 23.2 Å². The van der Waals surface area contributed by atoms with Gasteiger partial charge in [0.15, 0.2) is 0 Å². The summed E-state index contributed by atoms with van der Waals surface area (Å²) in [5.74, 6) is -1.26. The fourth-order valence-electron chi connectivity index (χ4n) is 3.87. The van der Waals surface area contributed by atoms with Crippen molar-refractivity contribution in [1.29, 1.82) is 0 Å². The van der Waals surface area contributed by atoms with Gasteiger partial charge in [0.25, 0.3) is 5.91 Å². The highest BCUT2D eigenvalue weighted by Gasteiger charge is 2.38. The average Bonchev–Trinajstić information content (AvgIpc) is 2.79. The third-order valence-corrected chi connectivity index (χ3v) is 5.70. The molecule has 0 saturated carbocycles. The van der Waals surface area contributed by atoms with Crippen LogP contribution in [-0.2, 0) is 14.4 Å². The Bertz CT molecular complexity index is 841. The van der Waals surface area contributed by atoms with E-state index in [0.717, 1.165) is 12.1 Å². The molecule has 3 rings (SSSR count). The Balaban J connectivity index is 1.74. The van der Waals surface area contributed by atoms with Crippen molar-refractivity contribution in [2.24, 2.45) is 5.73 Å². The van der Waals surface area contributed by atoms with Crippen molar-refractivity contribution in [1.82, 2.24) is 20.4 Å². The molecule has 4 N–H and O–H groups in total. The van der Waals surface area contributed by atoms with Crippen LogP contribution in [0, 0.1) is 0 Å². The van der Waals surface area contributed by atoms with Gasteiger partial charge in [-0.05, 0) is 37.1 Å². The summed E-state index contributed by atoms with van der Waals surface area (Å²) in [6.07, 6.45) is 1.30. The Kier molecular flexibility index (Phi) is 7.11. The molecule has 1 aromatic carbocycles. The molecule has 0 aliphatic carbocycles. The summed E-state index contributed by atoms with van der Waals surface area (Å²) < 4.78 is 0. The number of hydrogen-bond acceptors (Lipinski definition) is 6. The SMILES string of the molecule is CN(C)c1ccc(C(=O)N2CCN(C(=O)CN)[C@@H](C(=O)N[C@H]3CCCNC3=O)C2)cc1. The highest BCUT2D eigenvalue weighted by molar-refractivity contribution is 5.97. The largest absolute Gasteiger partial charge is 0.378 e. The molecule has 2 saturated heterocycles. The molecule has 2 fully saturated rings. The lowest BCUT2D eigenvalue weighted by Gasteiger charge is -2.41. The number of rotatable bonds is 5. The van der Waals surface area contributed by atoms with Gasteiger partial charge in [-0.25, -0.2) is 0 Å². The number of amides is 4. The number of benzene rings is 1. The van der Waals surface area contributed by atoms with Crippen LogP contribution < -0.4 is 21.3 Å². The summed E-state index contributed by atoms with van der Waals surface area (Å²) in [5.41, 5.74) is 7.00. The lowest BCUT2D eigenvalue weighted by atomic mass is 10.0. The first-order valence-electron chi connectivity index (χ1n) is 10.5. The maximum Gasteiger partial charge on any atom is 0.254 e. The minimum Gasteiger partial charge on any atom is -0.378 e. The first kappa shape index (κ1) is 22.5. The molecular weight excluding hydrogens is 400 g/mol. The van der Waals surface area contributed by atoms with E-state index < -0.39 is 18.0 Å². The Labute approximate surface area is 181 Å². The highest BCUT2D eigenvalue weighted by atomic mass is 16.2. The van der Waals surface area contributed by atoms with E-state index in [1.165, 1.54) is 4.90 Å². The second-order valence-corrected chi connectivity index (χ2v) is 7.99. The second-order valence-electron chi connectivity index (χ2n) is 7.99. The van der Waals surface area contributed by atoms with Crippen molar-refractivity contribution in [3.05, 3.63) is 29.8 Å². The molecule has 2 aliphatic rings. The zero-order valence-corrected chi connectivity index (χ0v) is 18.0. The van der Waals surface area contributed by atoms with Crippen molar-refractivity contribution < 1.29 is 19.2 Å². The molecular formula is C21H30N6O4. The molecule has 2 heterocycles. The Morgan fingerprint density at radius 2 is 1.90 bits per heavy atom. The number of anilines is 1. The zero-order chi connectivity index (χ0) is 22.5. The first-order valence-corrected chi connectivity index (χ1v) is 10.5. The monoisotopic (exact) mass is 430 g/mol. The summed E-state index contributed by atoms with van der Waals surface area (Å²) in [6, 6.07) is 5.67. The maximum atomic E-state index is 13.0. The first-order chi connectivity index (χ1) is 14.8. The fourth-order valence-corrected chi connectivity index (χ4v) is 3.87. The molecule has 10 heteroatoms. The molecule has 4 amide bonds. The van der Waals surface area contributed by atoms with E-state index >= 15 is 0 Å². The second kappa shape index (κ2) is 9.78. The molecule has 168 valence electrons. The predicted octanol–water partition coefficient (Wildman–Crippen LogP) is -1.24. The van der Waals surface area contributed by atoms with Gasteiger partial charge in [-0.2, -0.15) is 0 Å². The van der Waals surface area contributed by atoms with E-state index in [1.807, 2.05) is 31.1 Å². The van der Waals surface area contributed by atoms with Gasteiger partial charge in [-0.1, -0.05) is 0 Å². The third kappa shape index (κ3) is 5.13. The Morgan fingerprint density at radius 3 is 2.52 bits per heavy atom. The number of carbonyl (C=O) groups is 4. The molecule has 1 aromatic rings. The topological polar surface area (TPSA) is 128 Å². The van der Waals surface area contributed by atoms with Crippen molar-refractivity contribution >= 4 is 29.3 Å². The number of carbonyl (C=O) groups excluding carboxylic acids is 4. The lowest BCUT2D eigenvalue weighted by molar-refractivity contribution is -0.143. The van der Waals surface area contributed by atoms with Gasteiger partial charge in [0, 0.05) is 45.0 Å². The van der Waals surface area contributed by atoms with Crippen molar-refractivity contribution in [3.8, 4) is 0 Å².